The summed E-state index contributed by atoms with van der Waals surface area (Å²) in [5.74, 6) is 2.61. The van der Waals surface area contributed by atoms with Crippen molar-refractivity contribution in [3.8, 4) is 11.5 Å². The van der Waals surface area contributed by atoms with Crippen LogP contribution < -0.4 is 9.47 Å². The van der Waals surface area contributed by atoms with Crippen LogP contribution >= 0.6 is 11.8 Å². The van der Waals surface area contributed by atoms with Gasteiger partial charge < -0.3 is 14.4 Å². The van der Waals surface area contributed by atoms with E-state index in [-0.39, 0.29) is 11.3 Å². The van der Waals surface area contributed by atoms with Crippen molar-refractivity contribution in [1.29, 1.82) is 0 Å². The number of ether oxygens (including phenoxy) is 2. The number of hydrogen-bond donors (Lipinski definition) is 0. The Labute approximate surface area is 111 Å². The van der Waals surface area contributed by atoms with Gasteiger partial charge in [-0.2, -0.15) is 0 Å². The van der Waals surface area contributed by atoms with Crippen molar-refractivity contribution in [2.75, 3.05) is 26.5 Å². The van der Waals surface area contributed by atoms with Crippen molar-refractivity contribution in [3.05, 3.63) is 23.8 Å². The van der Waals surface area contributed by atoms with E-state index in [2.05, 4.69) is 0 Å². The van der Waals surface area contributed by atoms with E-state index in [0.717, 1.165) is 29.4 Å². The maximum absolute atomic E-state index is 11.6. The zero-order valence-corrected chi connectivity index (χ0v) is 11.6. The van der Waals surface area contributed by atoms with Crippen LogP contribution in [-0.4, -0.2) is 37.3 Å². The normalized spacial score (nSPS) is 18.8. The third-order valence-electron chi connectivity index (χ3n) is 3.00. The molecule has 1 fully saturated rings. The van der Waals surface area contributed by atoms with Crippen LogP contribution in [0.5, 0.6) is 11.5 Å². The van der Waals surface area contributed by atoms with E-state index in [4.69, 9.17) is 9.47 Å². The van der Waals surface area contributed by atoms with Gasteiger partial charge in [-0.3, -0.25) is 4.79 Å². The number of thioether (sulfide) groups is 1. The first-order valence-electron chi connectivity index (χ1n) is 5.78. The third kappa shape index (κ3) is 2.41. The highest BCUT2D eigenvalue weighted by Crippen LogP contribution is 2.43. The predicted molar refractivity (Wildman–Crippen MR) is 72.1 cm³/mol. The van der Waals surface area contributed by atoms with Crippen molar-refractivity contribution in [1.82, 2.24) is 4.90 Å². The molecule has 0 radical (unpaired) electrons. The summed E-state index contributed by atoms with van der Waals surface area (Å²) in [5.41, 5.74) is 0.995. The number of rotatable bonds is 3. The van der Waals surface area contributed by atoms with Crippen LogP contribution in [0.3, 0.4) is 0 Å². The molecule has 0 spiro atoms. The van der Waals surface area contributed by atoms with E-state index in [1.165, 1.54) is 0 Å². The molecule has 0 N–H and O–H groups in total. The molecule has 1 heterocycles. The molecule has 1 aromatic carbocycles. The van der Waals surface area contributed by atoms with E-state index in [9.17, 15) is 4.79 Å². The summed E-state index contributed by atoms with van der Waals surface area (Å²) in [6.45, 7) is 2.39. The van der Waals surface area contributed by atoms with Crippen molar-refractivity contribution in [3.63, 3.8) is 0 Å². The molecule has 5 heteroatoms. The first kappa shape index (κ1) is 13.1. The van der Waals surface area contributed by atoms with E-state index >= 15 is 0 Å². The molecular formula is C13H17NO3S. The van der Waals surface area contributed by atoms with Gasteiger partial charge in [0.1, 0.15) is 16.9 Å². The lowest BCUT2D eigenvalue weighted by atomic mass is 10.1. The molecule has 1 aliphatic rings. The number of methoxy groups -OCH3 is 2. The first-order chi connectivity index (χ1) is 8.67. The topological polar surface area (TPSA) is 38.8 Å². The van der Waals surface area contributed by atoms with E-state index in [0.29, 0.717) is 0 Å². The highest BCUT2D eigenvalue weighted by molar-refractivity contribution is 7.99. The minimum Gasteiger partial charge on any atom is -0.497 e. The van der Waals surface area contributed by atoms with Gasteiger partial charge >= 0.3 is 0 Å². The summed E-state index contributed by atoms with van der Waals surface area (Å²) in [6, 6.07) is 5.68. The second kappa shape index (κ2) is 5.52. The third-order valence-corrected chi connectivity index (χ3v) is 4.24. The zero-order chi connectivity index (χ0) is 13.1. The molecule has 2 rings (SSSR count). The van der Waals surface area contributed by atoms with Gasteiger partial charge in [0, 0.05) is 24.8 Å². The van der Waals surface area contributed by atoms with Gasteiger partial charge in [0.15, 0.2) is 0 Å². The zero-order valence-electron chi connectivity index (χ0n) is 10.8. The second-order valence-corrected chi connectivity index (χ2v) is 5.23. The SMILES string of the molecule is COc1ccc(OC)c([C@H]2SCCN2C(C)=O)c1. The number of nitrogens with zero attached hydrogens (tertiary/aromatic N) is 1. The van der Waals surface area contributed by atoms with Gasteiger partial charge in [0.25, 0.3) is 0 Å². The van der Waals surface area contributed by atoms with Crippen molar-refractivity contribution < 1.29 is 14.3 Å². The lowest BCUT2D eigenvalue weighted by Crippen LogP contribution is -2.28. The van der Waals surface area contributed by atoms with Crippen LogP contribution in [0.4, 0.5) is 0 Å². The van der Waals surface area contributed by atoms with Crippen LogP contribution in [0.2, 0.25) is 0 Å². The fraction of sp³-hybridized carbons (Fsp3) is 0.462. The van der Waals surface area contributed by atoms with Crippen molar-refractivity contribution >= 4 is 17.7 Å². The molecule has 0 aliphatic carbocycles. The number of hydrogen-bond acceptors (Lipinski definition) is 4. The highest BCUT2D eigenvalue weighted by atomic mass is 32.2. The average Bonchev–Trinajstić information content (AvgIpc) is 2.87. The average molecular weight is 267 g/mol. The van der Waals surface area contributed by atoms with Crippen molar-refractivity contribution in [2.45, 2.75) is 12.3 Å². The number of amides is 1. The molecule has 1 saturated heterocycles. The maximum Gasteiger partial charge on any atom is 0.220 e. The summed E-state index contributed by atoms with van der Waals surface area (Å²) >= 11 is 1.75. The Morgan fingerprint density at radius 1 is 1.39 bits per heavy atom. The number of benzene rings is 1. The Morgan fingerprint density at radius 2 is 2.17 bits per heavy atom. The minimum absolute atomic E-state index is 0.0209. The lowest BCUT2D eigenvalue weighted by Gasteiger charge is -2.24. The molecule has 0 saturated carbocycles. The van der Waals surface area contributed by atoms with Gasteiger partial charge in [0.05, 0.1) is 14.2 Å². The second-order valence-electron chi connectivity index (χ2n) is 4.04. The Balaban J connectivity index is 2.38. The van der Waals surface area contributed by atoms with E-state index in [1.54, 1.807) is 32.9 Å². The van der Waals surface area contributed by atoms with E-state index in [1.807, 2.05) is 23.1 Å². The lowest BCUT2D eigenvalue weighted by molar-refractivity contribution is -0.128. The molecule has 0 aromatic heterocycles. The largest absolute Gasteiger partial charge is 0.497 e. The Kier molecular flexibility index (Phi) is 4.01. The van der Waals surface area contributed by atoms with Gasteiger partial charge in [-0.15, -0.1) is 11.8 Å². The van der Waals surface area contributed by atoms with Crippen LogP contribution in [0.1, 0.15) is 17.9 Å². The predicted octanol–water partition coefficient (Wildman–Crippen LogP) is 2.30. The standard InChI is InChI=1S/C13H17NO3S/c1-9(15)14-6-7-18-13(14)11-8-10(16-2)4-5-12(11)17-3/h4-5,8,13H,6-7H2,1-3H3/t13-/m1/s1. The maximum atomic E-state index is 11.6. The quantitative estimate of drug-likeness (QED) is 0.842. The van der Waals surface area contributed by atoms with Crippen LogP contribution in [0, 0.1) is 0 Å². The molecule has 1 amide bonds. The van der Waals surface area contributed by atoms with Gasteiger partial charge in [-0.05, 0) is 18.2 Å². The molecule has 0 unspecified atom stereocenters. The molecule has 98 valence electrons. The fourth-order valence-corrected chi connectivity index (χ4v) is 3.41. The Bertz CT molecular complexity index is 450. The van der Waals surface area contributed by atoms with Gasteiger partial charge in [-0.25, -0.2) is 0 Å². The summed E-state index contributed by atoms with van der Waals surface area (Å²) in [7, 11) is 3.28. The molecule has 1 aromatic rings. The Hall–Kier alpha value is -1.36. The van der Waals surface area contributed by atoms with Crippen LogP contribution in [0.15, 0.2) is 18.2 Å². The van der Waals surface area contributed by atoms with Gasteiger partial charge in [0.2, 0.25) is 5.91 Å². The molecule has 1 aliphatic heterocycles. The smallest absolute Gasteiger partial charge is 0.220 e. The monoisotopic (exact) mass is 267 g/mol. The summed E-state index contributed by atoms with van der Waals surface area (Å²) in [6.07, 6.45) is 0. The van der Waals surface area contributed by atoms with Crippen LogP contribution in [-0.2, 0) is 4.79 Å². The molecular weight excluding hydrogens is 250 g/mol. The first-order valence-corrected chi connectivity index (χ1v) is 6.83. The minimum atomic E-state index is 0.0209. The molecule has 0 bridgehead atoms. The highest BCUT2D eigenvalue weighted by Gasteiger charge is 2.31. The summed E-state index contributed by atoms with van der Waals surface area (Å²) in [4.78, 5) is 13.5. The Morgan fingerprint density at radius 3 is 2.78 bits per heavy atom. The number of carbonyl (C=O) groups is 1. The molecule has 1 atom stereocenters. The summed E-state index contributed by atoms with van der Waals surface area (Å²) < 4.78 is 10.6. The van der Waals surface area contributed by atoms with Crippen LogP contribution in [0.25, 0.3) is 0 Å². The summed E-state index contributed by atoms with van der Waals surface area (Å²) in [5, 5.41) is 0.0209. The van der Waals surface area contributed by atoms with Gasteiger partial charge in [-0.1, -0.05) is 0 Å². The fourth-order valence-electron chi connectivity index (χ4n) is 2.08. The molecule has 18 heavy (non-hydrogen) atoms. The van der Waals surface area contributed by atoms with E-state index < -0.39 is 0 Å². The van der Waals surface area contributed by atoms with Crippen molar-refractivity contribution in [2.24, 2.45) is 0 Å². The number of carbonyl (C=O) groups excluding carboxylic acids is 1. The molecule has 4 nitrogen and oxygen atoms in total.